The fourth-order valence-electron chi connectivity index (χ4n) is 1.03. The molecule has 0 spiro atoms. The largest absolute Gasteiger partial charge is 0.480 e. The van der Waals surface area contributed by atoms with Crippen LogP contribution in [0.2, 0.25) is 0 Å². The number of carbonyl (C=O) groups excluding carboxylic acids is 2. The molecule has 0 saturated carbocycles. The molecule has 17 heavy (non-hydrogen) atoms. The van der Waals surface area contributed by atoms with Crippen LogP contribution in [0.1, 0.15) is 5.69 Å². The summed E-state index contributed by atoms with van der Waals surface area (Å²) in [6.45, 7) is -0.713. The Morgan fingerprint density at radius 2 is 1.94 bits per heavy atom. The van der Waals surface area contributed by atoms with Gasteiger partial charge in [0.05, 0.1) is 13.0 Å². The van der Waals surface area contributed by atoms with Crippen LogP contribution >= 0.6 is 0 Å². The van der Waals surface area contributed by atoms with Gasteiger partial charge < -0.3 is 15.7 Å². The summed E-state index contributed by atoms with van der Waals surface area (Å²) in [4.78, 5) is 32.5. The van der Waals surface area contributed by atoms with Gasteiger partial charge in [0.1, 0.15) is 6.54 Å². The second kappa shape index (κ2) is 6.26. The van der Waals surface area contributed by atoms with Gasteiger partial charge in [0, 0.05) is 11.9 Å². The number of aliphatic carboxylic acids is 1. The highest BCUT2D eigenvalue weighted by Crippen LogP contribution is 1.91. The molecule has 1 aromatic heterocycles. The van der Waals surface area contributed by atoms with Crippen LogP contribution in [0.5, 0.6) is 0 Å². The average Bonchev–Trinajstić information content (AvgIpc) is 2.76. The number of aromatic nitrogens is 2. The number of carboxylic acids is 1. The highest BCUT2D eigenvalue weighted by Gasteiger charge is 2.07. The van der Waals surface area contributed by atoms with Crippen molar-refractivity contribution in [1.29, 1.82) is 0 Å². The topological polar surface area (TPSA) is 124 Å². The summed E-state index contributed by atoms with van der Waals surface area (Å²) in [5.41, 5.74) is 0.633. The number of carbonyl (C=O) groups is 3. The van der Waals surface area contributed by atoms with E-state index in [2.05, 4.69) is 20.8 Å². The minimum absolute atomic E-state index is 0.0895. The standard InChI is InChI=1S/C9H12N4O4/c14-7(3-6-1-2-12-13-6)10-4-8(15)11-5-9(16)17/h1-2H,3-5H2,(H,10,14)(H,11,15)(H,12,13)(H,16,17). The molecule has 0 aliphatic carbocycles. The number of nitrogens with one attached hydrogen (secondary N) is 3. The third kappa shape index (κ3) is 5.30. The van der Waals surface area contributed by atoms with E-state index >= 15 is 0 Å². The van der Waals surface area contributed by atoms with Gasteiger partial charge in [0.25, 0.3) is 0 Å². The quantitative estimate of drug-likeness (QED) is 0.470. The molecule has 0 unspecified atom stereocenters. The lowest BCUT2D eigenvalue weighted by molar-refractivity contribution is -0.137. The summed E-state index contributed by atoms with van der Waals surface area (Å²) in [7, 11) is 0. The van der Waals surface area contributed by atoms with Crippen molar-refractivity contribution in [3.8, 4) is 0 Å². The molecule has 0 atom stereocenters. The molecule has 8 nitrogen and oxygen atoms in total. The molecule has 0 bridgehead atoms. The number of hydrogen-bond acceptors (Lipinski definition) is 4. The Bertz CT molecular complexity index is 401. The van der Waals surface area contributed by atoms with Crippen LogP contribution in [0.15, 0.2) is 12.3 Å². The maximum absolute atomic E-state index is 11.3. The maximum atomic E-state index is 11.3. The lowest BCUT2D eigenvalue weighted by Gasteiger charge is -2.04. The number of aromatic amines is 1. The summed E-state index contributed by atoms with van der Waals surface area (Å²) in [6, 6.07) is 1.64. The van der Waals surface area contributed by atoms with Gasteiger partial charge in [-0.15, -0.1) is 0 Å². The minimum atomic E-state index is -1.14. The van der Waals surface area contributed by atoms with Crippen molar-refractivity contribution in [2.24, 2.45) is 0 Å². The minimum Gasteiger partial charge on any atom is -0.480 e. The van der Waals surface area contributed by atoms with Crippen molar-refractivity contribution < 1.29 is 19.5 Å². The van der Waals surface area contributed by atoms with Crippen LogP contribution in [0, 0.1) is 0 Å². The number of rotatable bonds is 6. The van der Waals surface area contributed by atoms with Crippen molar-refractivity contribution >= 4 is 17.8 Å². The Morgan fingerprint density at radius 3 is 2.53 bits per heavy atom. The van der Waals surface area contributed by atoms with Gasteiger partial charge in [-0.05, 0) is 6.07 Å². The number of nitrogens with zero attached hydrogens (tertiary/aromatic N) is 1. The van der Waals surface area contributed by atoms with E-state index in [4.69, 9.17) is 5.11 Å². The third-order valence-electron chi connectivity index (χ3n) is 1.79. The Hall–Kier alpha value is -2.38. The SMILES string of the molecule is O=C(O)CNC(=O)CNC(=O)Cc1ccn[nH]1. The fraction of sp³-hybridized carbons (Fsp3) is 0.333. The zero-order valence-corrected chi connectivity index (χ0v) is 8.90. The fourth-order valence-corrected chi connectivity index (χ4v) is 1.03. The normalized spacial score (nSPS) is 9.65. The zero-order chi connectivity index (χ0) is 12.7. The summed E-state index contributed by atoms with van der Waals surface area (Å²) in [5.74, 6) is -2.03. The molecule has 92 valence electrons. The molecule has 1 rings (SSSR count). The molecule has 1 heterocycles. The van der Waals surface area contributed by atoms with Gasteiger partial charge in [-0.1, -0.05) is 0 Å². The molecular formula is C9H12N4O4. The van der Waals surface area contributed by atoms with E-state index in [1.807, 2.05) is 0 Å². The van der Waals surface area contributed by atoms with Crippen LogP contribution in [-0.2, 0) is 20.8 Å². The first-order valence-corrected chi connectivity index (χ1v) is 4.81. The van der Waals surface area contributed by atoms with Crippen LogP contribution in [0.4, 0.5) is 0 Å². The number of carboxylic acid groups (broad SMARTS) is 1. The Labute approximate surface area is 96.4 Å². The summed E-state index contributed by atoms with van der Waals surface area (Å²) >= 11 is 0. The molecule has 0 aromatic carbocycles. The molecule has 8 heteroatoms. The van der Waals surface area contributed by atoms with E-state index in [0.29, 0.717) is 5.69 Å². The molecule has 0 fully saturated rings. The Kier molecular flexibility index (Phi) is 4.67. The molecule has 4 N–H and O–H groups in total. The first kappa shape index (κ1) is 12.7. The van der Waals surface area contributed by atoms with Gasteiger partial charge in [-0.25, -0.2) is 0 Å². The highest BCUT2D eigenvalue weighted by molar-refractivity contribution is 5.87. The predicted molar refractivity (Wildman–Crippen MR) is 55.9 cm³/mol. The number of hydrogen-bond donors (Lipinski definition) is 4. The van der Waals surface area contributed by atoms with Gasteiger partial charge in [0.2, 0.25) is 11.8 Å². The summed E-state index contributed by atoms with van der Waals surface area (Å²) in [5, 5.41) is 19.0. The summed E-state index contributed by atoms with van der Waals surface area (Å²) in [6.07, 6.45) is 1.61. The Morgan fingerprint density at radius 1 is 1.24 bits per heavy atom. The molecule has 0 aliphatic heterocycles. The second-order valence-electron chi connectivity index (χ2n) is 3.21. The molecule has 0 saturated heterocycles. The third-order valence-corrected chi connectivity index (χ3v) is 1.79. The van der Waals surface area contributed by atoms with E-state index in [-0.39, 0.29) is 18.9 Å². The smallest absolute Gasteiger partial charge is 0.322 e. The van der Waals surface area contributed by atoms with Crippen molar-refractivity contribution in [3.63, 3.8) is 0 Å². The highest BCUT2D eigenvalue weighted by atomic mass is 16.4. The van der Waals surface area contributed by atoms with Gasteiger partial charge in [-0.2, -0.15) is 5.10 Å². The van der Waals surface area contributed by atoms with Crippen molar-refractivity contribution in [1.82, 2.24) is 20.8 Å². The van der Waals surface area contributed by atoms with E-state index in [1.165, 1.54) is 6.20 Å². The number of amides is 2. The molecule has 0 radical (unpaired) electrons. The average molecular weight is 240 g/mol. The van der Waals surface area contributed by atoms with Crippen molar-refractivity contribution in [3.05, 3.63) is 18.0 Å². The van der Waals surface area contributed by atoms with E-state index in [0.717, 1.165) is 0 Å². The molecular weight excluding hydrogens is 228 g/mol. The van der Waals surface area contributed by atoms with E-state index < -0.39 is 18.4 Å². The monoisotopic (exact) mass is 240 g/mol. The molecule has 1 aromatic rings. The van der Waals surface area contributed by atoms with Gasteiger partial charge in [-0.3, -0.25) is 19.5 Å². The van der Waals surface area contributed by atoms with Gasteiger partial charge in [0.15, 0.2) is 0 Å². The molecule has 2 amide bonds. The maximum Gasteiger partial charge on any atom is 0.322 e. The van der Waals surface area contributed by atoms with Crippen LogP contribution < -0.4 is 10.6 Å². The first-order chi connectivity index (χ1) is 8.08. The first-order valence-electron chi connectivity index (χ1n) is 4.81. The number of H-pyrrole nitrogens is 1. The van der Waals surface area contributed by atoms with Crippen molar-refractivity contribution in [2.45, 2.75) is 6.42 Å². The van der Waals surface area contributed by atoms with Crippen molar-refractivity contribution in [2.75, 3.05) is 13.1 Å². The Balaban J connectivity index is 2.19. The lowest BCUT2D eigenvalue weighted by atomic mass is 10.3. The van der Waals surface area contributed by atoms with Crippen LogP contribution in [0.3, 0.4) is 0 Å². The lowest BCUT2D eigenvalue weighted by Crippen LogP contribution is -2.39. The van der Waals surface area contributed by atoms with E-state index in [9.17, 15) is 14.4 Å². The zero-order valence-electron chi connectivity index (χ0n) is 8.90. The predicted octanol–water partition coefficient (Wildman–Crippen LogP) is -1.73. The van der Waals surface area contributed by atoms with Crippen LogP contribution in [0.25, 0.3) is 0 Å². The van der Waals surface area contributed by atoms with Gasteiger partial charge >= 0.3 is 5.97 Å². The van der Waals surface area contributed by atoms with Crippen LogP contribution in [-0.4, -0.2) is 46.2 Å². The second-order valence-corrected chi connectivity index (χ2v) is 3.21. The molecule has 0 aliphatic rings. The summed E-state index contributed by atoms with van der Waals surface area (Å²) < 4.78 is 0. The van der Waals surface area contributed by atoms with E-state index in [1.54, 1.807) is 6.07 Å².